The van der Waals surface area contributed by atoms with Gasteiger partial charge in [0, 0.05) is 0 Å². The van der Waals surface area contributed by atoms with Gasteiger partial charge in [-0.25, -0.2) is 0 Å². The summed E-state index contributed by atoms with van der Waals surface area (Å²) in [5, 5.41) is 0. The smallest absolute Gasteiger partial charge is 0.0782 e. The quantitative estimate of drug-likeness (QED) is 0.231. The Morgan fingerprint density at radius 2 is 1.09 bits per heavy atom. The number of halogens is 1. The molecule has 0 aliphatic rings. The van der Waals surface area contributed by atoms with Crippen LogP contribution < -0.4 is 12.4 Å². The van der Waals surface area contributed by atoms with Gasteiger partial charge in [0.1, 0.15) is 0 Å². The Kier molecular flexibility index (Phi) is 19.1. The Morgan fingerprint density at radius 1 is 0.682 bits per heavy atom. The number of quaternary nitrogens is 1. The fourth-order valence-electron chi connectivity index (χ4n) is 2.97. The molecule has 0 fully saturated rings. The largest absolute Gasteiger partial charge is 1.00 e. The summed E-state index contributed by atoms with van der Waals surface area (Å²) in [6, 6.07) is 0. The second kappa shape index (κ2) is 17.3. The number of hydrogen-bond acceptors (Lipinski definition) is 0. The lowest BCUT2D eigenvalue weighted by Crippen LogP contribution is -3.00. The number of hydrogen-bond donors (Lipinski definition) is 0. The monoisotopic (exact) mass is 331 g/mol. The molecule has 134 valence electrons. The molecule has 2 heteroatoms. The lowest BCUT2D eigenvalue weighted by molar-refractivity contribution is -0.890. The molecule has 0 amide bonds. The van der Waals surface area contributed by atoms with Crippen LogP contribution >= 0.6 is 0 Å². The molecule has 0 saturated carbocycles. The molecule has 0 aromatic heterocycles. The Labute approximate surface area is 147 Å². The van der Waals surface area contributed by atoms with E-state index in [4.69, 9.17) is 0 Å². The van der Waals surface area contributed by atoms with Gasteiger partial charge in [0.15, 0.2) is 0 Å². The van der Waals surface area contributed by atoms with Crippen LogP contribution in [0.15, 0.2) is 12.7 Å². The molecule has 0 aromatic carbocycles. The second-order valence-electron chi connectivity index (χ2n) is 7.35. The van der Waals surface area contributed by atoms with Crippen molar-refractivity contribution in [3.63, 3.8) is 0 Å². The highest BCUT2D eigenvalue weighted by atomic mass is 35.5. The van der Waals surface area contributed by atoms with Crippen molar-refractivity contribution in [3.8, 4) is 0 Å². The first kappa shape index (κ1) is 24.2. The van der Waals surface area contributed by atoms with Gasteiger partial charge in [-0.05, 0) is 32.1 Å². The van der Waals surface area contributed by atoms with Crippen molar-refractivity contribution in [2.75, 3.05) is 27.2 Å². The topological polar surface area (TPSA) is 0 Å². The van der Waals surface area contributed by atoms with Gasteiger partial charge in [0.25, 0.3) is 0 Å². The van der Waals surface area contributed by atoms with E-state index < -0.39 is 0 Å². The molecule has 1 nitrogen and oxygen atoms in total. The first-order valence-corrected chi connectivity index (χ1v) is 9.55. The molecule has 0 saturated heterocycles. The highest BCUT2D eigenvalue weighted by Gasteiger charge is 2.13. The summed E-state index contributed by atoms with van der Waals surface area (Å²) in [5.74, 6) is 0. The fraction of sp³-hybridized carbons (Fsp3) is 0.900. The van der Waals surface area contributed by atoms with E-state index in [1.165, 1.54) is 101 Å². The summed E-state index contributed by atoms with van der Waals surface area (Å²) >= 11 is 0. The van der Waals surface area contributed by atoms with Gasteiger partial charge in [-0.2, -0.15) is 0 Å². The van der Waals surface area contributed by atoms with Crippen molar-refractivity contribution in [2.24, 2.45) is 0 Å². The van der Waals surface area contributed by atoms with E-state index in [1.807, 2.05) is 6.08 Å². The highest BCUT2D eigenvalue weighted by Crippen LogP contribution is 2.12. The summed E-state index contributed by atoms with van der Waals surface area (Å²) in [7, 11) is 4.78. The Bertz CT molecular complexity index is 226. The molecule has 0 atom stereocenters. The van der Waals surface area contributed by atoms with E-state index in [0.29, 0.717) is 0 Å². The molecular weight excluding hydrogens is 290 g/mol. The van der Waals surface area contributed by atoms with Crippen molar-refractivity contribution < 1.29 is 16.9 Å². The lowest BCUT2D eigenvalue weighted by atomic mass is 10.1. The van der Waals surface area contributed by atoms with Crippen LogP contribution in [0.4, 0.5) is 0 Å². The molecule has 0 radical (unpaired) electrons. The zero-order chi connectivity index (χ0) is 15.8. The summed E-state index contributed by atoms with van der Waals surface area (Å²) in [6.07, 6.45) is 20.3. The summed E-state index contributed by atoms with van der Waals surface area (Å²) < 4.78 is 1.20. The normalized spacial score (nSPS) is 11.2. The van der Waals surface area contributed by atoms with E-state index in [0.717, 1.165) is 0 Å². The SMILES string of the molecule is C=CCCCC[N+](C)(C)CCCCCCCCCCCC.[Cl-]. The third-order valence-corrected chi connectivity index (χ3v) is 4.54. The predicted molar refractivity (Wildman–Crippen MR) is 97.7 cm³/mol. The first-order valence-electron chi connectivity index (χ1n) is 9.55. The summed E-state index contributed by atoms with van der Waals surface area (Å²) in [5.41, 5.74) is 0. The summed E-state index contributed by atoms with van der Waals surface area (Å²) in [4.78, 5) is 0. The third kappa shape index (κ3) is 18.0. The standard InChI is InChI=1S/C20H42N.ClH/c1-5-7-9-11-12-13-14-15-16-18-20-21(3,4)19-17-10-8-6-2;/h6H,2,5,7-20H2,1,3-4H3;1H/q+1;/p-1. The molecule has 0 N–H and O–H groups in total. The zero-order valence-corrected chi connectivity index (χ0v) is 16.5. The third-order valence-electron chi connectivity index (χ3n) is 4.54. The Hall–Kier alpha value is -0.0100. The Balaban J connectivity index is 0. The molecule has 0 rings (SSSR count). The van der Waals surface area contributed by atoms with Crippen molar-refractivity contribution in [3.05, 3.63) is 12.7 Å². The minimum Gasteiger partial charge on any atom is -1.00 e. The maximum absolute atomic E-state index is 3.80. The van der Waals surface area contributed by atoms with Crippen molar-refractivity contribution in [1.82, 2.24) is 0 Å². The van der Waals surface area contributed by atoms with E-state index >= 15 is 0 Å². The molecule has 0 aliphatic carbocycles. The molecule has 0 unspecified atom stereocenters. The van der Waals surface area contributed by atoms with E-state index in [1.54, 1.807) is 0 Å². The molecular formula is C20H42ClN. The van der Waals surface area contributed by atoms with Crippen LogP contribution in [0.3, 0.4) is 0 Å². The lowest BCUT2D eigenvalue weighted by Gasteiger charge is -2.29. The van der Waals surface area contributed by atoms with Gasteiger partial charge >= 0.3 is 0 Å². The number of rotatable bonds is 16. The minimum absolute atomic E-state index is 0. The van der Waals surface area contributed by atoms with E-state index in [-0.39, 0.29) is 12.4 Å². The van der Waals surface area contributed by atoms with Crippen molar-refractivity contribution in [1.29, 1.82) is 0 Å². The minimum atomic E-state index is 0. The fourth-order valence-corrected chi connectivity index (χ4v) is 2.97. The maximum atomic E-state index is 3.80. The van der Waals surface area contributed by atoms with Crippen LogP contribution in [0.5, 0.6) is 0 Å². The summed E-state index contributed by atoms with van der Waals surface area (Å²) in [6.45, 7) is 8.76. The predicted octanol–water partition coefficient (Wildman–Crippen LogP) is 3.34. The molecule has 0 heterocycles. The van der Waals surface area contributed by atoms with Gasteiger partial charge in [0.05, 0.1) is 27.2 Å². The van der Waals surface area contributed by atoms with E-state index in [9.17, 15) is 0 Å². The molecule has 22 heavy (non-hydrogen) atoms. The van der Waals surface area contributed by atoms with Crippen LogP contribution in [0, 0.1) is 0 Å². The second-order valence-corrected chi connectivity index (χ2v) is 7.35. The highest BCUT2D eigenvalue weighted by molar-refractivity contribution is 4.65. The van der Waals surface area contributed by atoms with Gasteiger partial charge in [-0.15, -0.1) is 6.58 Å². The molecule has 0 aliphatic heterocycles. The van der Waals surface area contributed by atoms with Crippen LogP contribution in [-0.4, -0.2) is 31.7 Å². The number of nitrogens with zero attached hydrogens (tertiary/aromatic N) is 1. The van der Waals surface area contributed by atoms with Crippen LogP contribution in [-0.2, 0) is 0 Å². The first-order chi connectivity index (χ1) is 10.1. The van der Waals surface area contributed by atoms with Gasteiger partial charge in [0.2, 0.25) is 0 Å². The van der Waals surface area contributed by atoms with Crippen molar-refractivity contribution >= 4 is 0 Å². The van der Waals surface area contributed by atoms with Gasteiger partial charge < -0.3 is 16.9 Å². The average Bonchev–Trinajstić information content (AvgIpc) is 2.45. The molecule has 0 bridgehead atoms. The van der Waals surface area contributed by atoms with E-state index in [2.05, 4.69) is 27.6 Å². The van der Waals surface area contributed by atoms with Crippen LogP contribution in [0.1, 0.15) is 90.4 Å². The van der Waals surface area contributed by atoms with Crippen molar-refractivity contribution in [2.45, 2.75) is 90.4 Å². The zero-order valence-electron chi connectivity index (χ0n) is 15.7. The van der Waals surface area contributed by atoms with Crippen LogP contribution in [0.2, 0.25) is 0 Å². The maximum Gasteiger partial charge on any atom is 0.0782 e. The average molecular weight is 332 g/mol. The van der Waals surface area contributed by atoms with Gasteiger partial charge in [-0.3, -0.25) is 0 Å². The molecule has 0 aromatic rings. The Morgan fingerprint density at radius 3 is 1.55 bits per heavy atom. The number of allylic oxidation sites excluding steroid dienone is 1. The molecule has 0 spiro atoms. The number of unbranched alkanes of at least 4 members (excludes halogenated alkanes) is 11. The van der Waals surface area contributed by atoms with Gasteiger partial charge in [-0.1, -0.05) is 64.4 Å². The van der Waals surface area contributed by atoms with Crippen LogP contribution in [0.25, 0.3) is 0 Å².